The largest absolute Gasteiger partial charge is 0.481 e. The van der Waals surface area contributed by atoms with Crippen LogP contribution in [-0.2, 0) is 4.79 Å². The lowest BCUT2D eigenvalue weighted by atomic mass is 9.89. The van der Waals surface area contributed by atoms with Crippen LogP contribution in [0.4, 0.5) is 0 Å². The molecule has 0 saturated heterocycles. The summed E-state index contributed by atoms with van der Waals surface area (Å²) in [5, 5.41) is 17.8. The molecule has 0 heterocycles. The molecule has 0 aromatic rings. The van der Waals surface area contributed by atoms with Gasteiger partial charge in [-0.05, 0) is 19.8 Å². The number of aliphatic hydroxyl groups excluding tert-OH is 1. The van der Waals surface area contributed by atoms with Gasteiger partial charge in [0.05, 0.1) is 12.0 Å². The third kappa shape index (κ3) is 2.05. The standard InChI is InChI=1S/C8H12O3/c1-5-2-6(8(10)11)4-7(9)3-5/h2,6-7,9H,3-4H2,1H3,(H,10,11)/t6-,7-/m0/s1. The first-order valence-corrected chi connectivity index (χ1v) is 3.67. The topological polar surface area (TPSA) is 57.5 Å². The van der Waals surface area contributed by atoms with E-state index >= 15 is 0 Å². The highest BCUT2D eigenvalue weighted by atomic mass is 16.4. The van der Waals surface area contributed by atoms with Crippen LogP contribution in [0.15, 0.2) is 11.6 Å². The van der Waals surface area contributed by atoms with Crippen LogP contribution < -0.4 is 0 Å². The van der Waals surface area contributed by atoms with Gasteiger partial charge in [0, 0.05) is 0 Å². The van der Waals surface area contributed by atoms with Crippen LogP contribution in [0.2, 0.25) is 0 Å². The van der Waals surface area contributed by atoms with Crippen LogP contribution in [0.25, 0.3) is 0 Å². The van der Waals surface area contributed by atoms with Gasteiger partial charge in [0.25, 0.3) is 0 Å². The molecule has 0 aliphatic heterocycles. The first kappa shape index (κ1) is 8.27. The van der Waals surface area contributed by atoms with Crippen molar-refractivity contribution in [3.8, 4) is 0 Å². The van der Waals surface area contributed by atoms with Gasteiger partial charge in [0.1, 0.15) is 0 Å². The molecule has 0 spiro atoms. The summed E-state index contributed by atoms with van der Waals surface area (Å²) in [6, 6.07) is 0. The predicted octanol–water partition coefficient (Wildman–Crippen LogP) is 0.788. The zero-order chi connectivity index (χ0) is 8.43. The van der Waals surface area contributed by atoms with Gasteiger partial charge < -0.3 is 10.2 Å². The molecule has 3 heteroatoms. The minimum atomic E-state index is -0.844. The summed E-state index contributed by atoms with van der Waals surface area (Å²) in [7, 11) is 0. The Morgan fingerprint density at radius 2 is 2.36 bits per heavy atom. The number of aliphatic hydroxyl groups is 1. The quantitative estimate of drug-likeness (QED) is 0.552. The van der Waals surface area contributed by atoms with E-state index in [4.69, 9.17) is 5.11 Å². The lowest BCUT2D eigenvalue weighted by Crippen LogP contribution is -2.23. The molecular formula is C8H12O3. The van der Waals surface area contributed by atoms with Gasteiger partial charge in [0.2, 0.25) is 0 Å². The monoisotopic (exact) mass is 156 g/mol. The predicted molar refractivity (Wildman–Crippen MR) is 40.1 cm³/mol. The van der Waals surface area contributed by atoms with Crippen LogP contribution in [-0.4, -0.2) is 22.3 Å². The van der Waals surface area contributed by atoms with Gasteiger partial charge in [-0.15, -0.1) is 0 Å². The van der Waals surface area contributed by atoms with E-state index in [0.29, 0.717) is 12.8 Å². The Kier molecular flexibility index (Phi) is 2.29. The van der Waals surface area contributed by atoms with Crippen molar-refractivity contribution in [3.05, 3.63) is 11.6 Å². The van der Waals surface area contributed by atoms with Crippen molar-refractivity contribution in [2.45, 2.75) is 25.9 Å². The summed E-state index contributed by atoms with van der Waals surface area (Å²) in [5.41, 5.74) is 0.969. The molecule has 3 nitrogen and oxygen atoms in total. The highest BCUT2D eigenvalue weighted by molar-refractivity contribution is 5.72. The minimum Gasteiger partial charge on any atom is -0.481 e. The van der Waals surface area contributed by atoms with Crippen LogP contribution in [0.3, 0.4) is 0 Å². The van der Waals surface area contributed by atoms with E-state index in [9.17, 15) is 9.90 Å². The second kappa shape index (κ2) is 3.05. The summed E-state index contributed by atoms with van der Waals surface area (Å²) in [4.78, 5) is 10.5. The lowest BCUT2D eigenvalue weighted by molar-refractivity contribution is -0.141. The molecule has 0 bridgehead atoms. The van der Waals surface area contributed by atoms with Crippen LogP contribution >= 0.6 is 0 Å². The zero-order valence-corrected chi connectivity index (χ0v) is 6.45. The van der Waals surface area contributed by atoms with Crippen molar-refractivity contribution in [1.29, 1.82) is 0 Å². The van der Waals surface area contributed by atoms with E-state index in [-0.39, 0.29) is 0 Å². The van der Waals surface area contributed by atoms with Crippen molar-refractivity contribution in [1.82, 2.24) is 0 Å². The van der Waals surface area contributed by atoms with Gasteiger partial charge in [-0.3, -0.25) is 4.79 Å². The minimum absolute atomic E-state index is 0.354. The molecule has 2 atom stereocenters. The smallest absolute Gasteiger partial charge is 0.310 e. The van der Waals surface area contributed by atoms with E-state index in [1.807, 2.05) is 6.92 Å². The van der Waals surface area contributed by atoms with Gasteiger partial charge >= 0.3 is 5.97 Å². The number of aliphatic carboxylic acids is 1. The summed E-state index contributed by atoms with van der Waals surface area (Å²) < 4.78 is 0. The molecule has 0 fully saturated rings. The number of hydrogen-bond acceptors (Lipinski definition) is 2. The van der Waals surface area contributed by atoms with E-state index in [0.717, 1.165) is 5.57 Å². The molecule has 0 saturated carbocycles. The molecule has 0 radical (unpaired) electrons. The van der Waals surface area contributed by atoms with Crippen molar-refractivity contribution in [2.24, 2.45) is 5.92 Å². The Hall–Kier alpha value is -0.830. The average Bonchev–Trinajstić information content (AvgIpc) is 1.85. The van der Waals surface area contributed by atoms with E-state index in [2.05, 4.69) is 0 Å². The van der Waals surface area contributed by atoms with E-state index in [1.165, 1.54) is 0 Å². The highest BCUT2D eigenvalue weighted by Crippen LogP contribution is 2.22. The SMILES string of the molecule is CC1=C[C@H](C(=O)O)C[C@@H](O)C1. The summed E-state index contributed by atoms with van der Waals surface area (Å²) in [6.45, 7) is 1.85. The molecule has 0 aromatic carbocycles. The fourth-order valence-electron chi connectivity index (χ4n) is 1.40. The number of carboxylic acids is 1. The molecule has 0 unspecified atom stereocenters. The Morgan fingerprint density at radius 1 is 1.73 bits per heavy atom. The maximum atomic E-state index is 10.5. The molecule has 2 N–H and O–H groups in total. The van der Waals surface area contributed by atoms with Gasteiger partial charge in [-0.25, -0.2) is 0 Å². The van der Waals surface area contributed by atoms with E-state index < -0.39 is 18.0 Å². The summed E-state index contributed by atoms with van der Waals surface area (Å²) in [5.74, 6) is -1.33. The van der Waals surface area contributed by atoms with Crippen LogP contribution in [0.5, 0.6) is 0 Å². The first-order chi connectivity index (χ1) is 5.09. The Morgan fingerprint density at radius 3 is 2.82 bits per heavy atom. The number of carbonyl (C=O) groups is 1. The fourth-order valence-corrected chi connectivity index (χ4v) is 1.40. The second-order valence-electron chi connectivity index (χ2n) is 3.05. The molecule has 1 aliphatic carbocycles. The molecular weight excluding hydrogens is 144 g/mol. The van der Waals surface area contributed by atoms with Crippen molar-refractivity contribution in [2.75, 3.05) is 0 Å². The second-order valence-corrected chi connectivity index (χ2v) is 3.05. The third-order valence-electron chi connectivity index (χ3n) is 1.89. The van der Waals surface area contributed by atoms with Gasteiger partial charge in [-0.1, -0.05) is 11.6 Å². The Balaban J connectivity index is 2.69. The third-order valence-corrected chi connectivity index (χ3v) is 1.89. The molecule has 1 rings (SSSR count). The van der Waals surface area contributed by atoms with Gasteiger partial charge in [0.15, 0.2) is 0 Å². The van der Waals surface area contributed by atoms with Crippen LogP contribution in [0.1, 0.15) is 19.8 Å². The molecule has 11 heavy (non-hydrogen) atoms. The number of hydrogen-bond donors (Lipinski definition) is 2. The Labute approximate surface area is 65.3 Å². The maximum Gasteiger partial charge on any atom is 0.310 e. The zero-order valence-electron chi connectivity index (χ0n) is 6.45. The summed E-state index contributed by atoms with van der Waals surface area (Å²) >= 11 is 0. The van der Waals surface area contributed by atoms with Gasteiger partial charge in [-0.2, -0.15) is 0 Å². The summed E-state index contributed by atoms with van der Waals surface area (Å²) in [6.07, 6.45) is 2.21. The number of carboxylic acid groups (broad SMARTS) is 1. The molecule has 1 aliphatic rings. The number of rotatable bonds is 1. The maximum absolute atomic E-state index is 10.5. The van der Waals surface area contributed by atoms with Crippen molar-refractivity contribution >= 4 is 5.97 Å². The van der Waals surface area contributed by atoms with Crippen molar-refractivity contribution in [3.63, 3.8) is 0 Å². The van der Waals surface area contributed by atoms with Crippen LogP contribution in [0, 0.1) is 5.92 Å². The average molecular weight is 156 g/mol. The highest BCUT2D eigenvalue weighted by Gasteiger charge is 2.23. The Bertz CT molecular complexity index is 196. The lowest BCUT2D eigenvalue weighted by Gasteiger charge is -2.20. The molecule has 0 aromatic heterocycles. The fraction of sp³-hybridized carbons (Fsp3) is 0.625. The van der Waals surface area contributed by atoms with Crippen molar-refractivity contribution < 1.29 is 15.0 Å². The normalized spacial score (nSPS) is 31.3. The first-order valence-electron chi connectivity index (χ1n) is 3.67. The van der Waals surface area contributed by atoms with E-state index in [1.54, 1.807) is 6.08 Å². The molecule has 62 valence electrons. The molecule has 0 amide bonds.